The molecule has 8 heteroatoms. The second-order valence-corrected chi connectivity index (χ2v) is 6.72. The van der Waals surface area contributed by atoms with Crippen molar-refractivity contribution in [1.82, 2.24) is 20.2 Å². The Hall–Kier alpha value is -1.38. The molecule has 0 spiro atoms. The Labute approximate surface area is 129 Å². The highest BCUT2D eigenvalue weighted by Crippen LogP contribution is 2.19. The Morgan fingerprint density at radius 2 is 2.24 bits per heavy atom. The molecule has 3 rings (SSSR count). The summed E-state index contributed by atoms with van der Waals surface area (Å²) in [5.74, 6) is 0.798. The number of thiophene rings is 1. The van der Waals surface area contributed by atoms with Gasteiger partial charge in [0.1, 0.15) is 4.83 Å². The normalized spacial score (nSPS) is 15.5. The Kier molecular flexibility index (Phi) is 4.57. The predicted octanol–water partition coefficient (Wildman–Crippen LogP) is 0.899. The summed E-state index contributed by atoms with van der Waals surface area (Å²) in [5.41, 5.74) is -0.114. The number of aromatic amines is 1. The summed E-state index contributed by atoms with van der Waals surface area (Å²) in [5, 5.41) is 6.29. The maximum Gasteiger partial charge on any atom is 0.260 e. The van der Waals surface area contributed by atoms with E-state index >= 15 is 0 Å². The summed E-state index contributed by atoms with van der Waals surface area (Å²) in [7, 11) is 0. The van der Waals surface area contributed by atoms with Crippen molar-refractivity contribution < 1.29 is 4.79 Å². The fourth-order valence-electron chi connectivity index (χ4n) is 2.22. The van der Waals surface area contributed by atoms with Gasteiger partial charge in [0.15, 0.2) is 5.16 Å². The molecule has 1 aliphatic rings. The number of H-pyrrole nitrogens is 1. The van der Waals surface area contributed by atoms with Crippen LogP contribution >= 0.6 is 23.1 Å². The minimum absolute atomic E-state index is 0.114. The topological polar surface area (TPSA) is 78.1 Å². The van der Waals surface area contributed by atoms with Crippen molar-refractivity contribution in [3.8, 4) is 0 Å². The van der Waals surface area contributed by atoms with E-state index in [1.807, 2.05) is 10.3 Å². The van der Waals surface area contributed by atoms with E-state index in [1.165, 1.54) is 23.1 Å². The van der Waals surface area contributed by atoms with Gasteiger partial charge in [0.05, 0.1) is 5.39 Å². The van der Waals surface area contributed by atoms with Crippen LogP contribution in [0.4, 0.5) is 0 Å². The van der Waals surface area contributed by atoms with Gasteiger partial charge in [-0.05, 0) is 11.4 Å². The number of thioether (sulfide) groups is 1. The fraction of sp³-hybridized carbons (Fsp3) is 0.462. The minimum Gasteiger partial charge on any atom is -0.340 e. The van der Waals surface area contributed by atoms with Crippen LogP contribution in [0.25, 0.3) is 10.2 Å². The van der Waals surface area contributed by atoms with E-state index in [-0.39, 0.29) is 11.5 Å². The van der Waals surface area contributed by atoms with E-state index in [2.05, 4.69) is 15.3 Å². The summed E-state index contributed by atoms with van der Waals surface area (Å²) in [4.78, 5) is 33.6. The molecule has 0 atom stereocenters. The standard InChI is InChI=1S/C13H16N4O2S2/c18-10(17-5-3-14-4-6-17)2-8-21-13-15-11(19)9-1-7-20-12(9)16-13/h1,7,14H,2-6,8H2,(H,15,16,19). The van der Waals surface area contributed by atoms with Crippen LogP contribution in [-0.2, 0) is 4.79 Å². The quantitative estimate of drug-likeness (QED) is 0.645. The smallest absolute Gasteiger partial charge is 0.260 e. The summed E-state index contributed by atoms with van der Waals surface area (Å²) in [6, 6.07) is 1.77. The third kappa shape index (κ3) is 3.45. The SMILES string of the molecule is O=C(CCSc1nc2sccc2c(=O)[nH]1)N1CCNCC1. The van der Waals surface area contributed by atoms with E-state index in [9.17, 15) is 9.59 Å². The molecule has 2 aromatic heterocycles. The molecule has 21 heavy (non-hydrogen) atoms. The van der Waals surface area contributed by atoms with Gasteiger partial charge < -0.3 is 15.2 Å². The van der Waals surface area contributed by atoms with Crippen molar-refractivity contribution >= 4 is 39.2 Å². The van der Waals surface area contributed by atoms with E-state index in [1.54, 1.807) is 6.07 Å². The van der Waals surface area contributed by atoms with Crippen LogP contribution in [0.15, 0.2) is 21.4 Å². The molecule has 1 amide bonds. The molecule has 1 fully saturated rings. The van der Waals surface area contributed by atoms with Gasteiger partial charge in [-0.3, -0.25) is 9.59 Å². The van der Waals surface area contributed by atoms with Crippen LogP contribution in [0.1, 0.15) is 6.42 Å². The lowest BCUT2D eigenvalue weighted by Gasteiger charge is -2.27. The zero-order valence-corrected chi connectivity index (χ0v) is 13.1. The maximum atomic E-state index is 12.0. The Balaban J connectivity index is 1.56. The van der Waals surface area contributed by atoms with Crippen molar-refractivity contribution in [2.75, 3.05) is 31.9 Å². The number of aromatic nitrogens is 2. The first-order valence-corrected chi connectivity index (χ1v) is 8.69. The molecule has 3 heterocycles. The highest BCUT2D eigenvalue weighted by atomic mass is 32.2. The molecule has 112 valence electrons. The minimum atomic E-state index is -0.114. The van der Waals surface area contributed by atoms with Crippen molar-refractivity contribution in [1.29, 1.82) is 0 Å². The van der Waals surface area contributed by atoms with Gasteiger partial charge in [-0.15, -0.1) is 11.3 Å². The van der Waals surface area contributed by atoms with Crippen LogP contribution in [0, 0.1) is 0 Å². The fourth-order valence-corrected chi connectivity index (χ4v) is 3.83. The van der Waals surface area contributed by atoms with E-state index in [0.29, 0.717) is 22.7 Å². The third-order valence-corrected chi connectivity index (χ3v) is 5.02. The molecule has 0 bridgehead atoms. The van der Waals surface area contributed by atoms with Crippen LogP contribution < -0.4 is 10.9 Å². The number of piperazine rings is 1. The van der Waals surface area contributed by atoms with Crippen LogP contribution in [0.2, 0.25) is 0 Å². The van der Waals surface area contributed by atoms with Crippen molar-refractivity contribution in [2.24, 2.45) is 0 Å². The van der Waals surface area contributed by atoms with E-state index in [0.717, 1.165) is 31.0 Å². The summed E-state index contributed by atoms with van der Waals surface area (Å²) in [6.07, 6.45) is 0.469. The monoisotopic (exact) mass is 324 g/mol. The summed E-state index contributed by atoms with van der Waals surface area (Å²) in [6.45, 7) is 3.28. The molecule has 0 unspecified atom stereocenters. The summed E-state index contributed by atoms with van der Waals surface area (Å²) >= 11 is 2.87. The predicted molar refractivity (Wildman–Crippen MR) is 85.0 cm³/mol. The molecule has 1 aliphatic heterocycles. The Morgan fingerprint density at radius 3 is 3.05 bits per heavy atom. The second kappa shape index (κ2) is 6.59. The first-order chi connectivity index (χ1) is 10.2. The maximum absolute atomic E-state index is 12.0. The highest BCUT2D eigenvalue weighted by Gasteiger charge is 2.15. The van der Waals surface area contributed by atoms with E-state index in [4.69, 9.17) is 0 Å². The first kappa shape index (κ1) is 14.6. The molecule has 0 aliphatic carbocycles. The highest BCUT2D eigenvalue weighted by molar-refractivity contribution is 7.99. The van der Waals surface area contributed by atoms with Crippen molar-refractivity contribution in [3.05, 3.63) is 21.8 Å². The number of rotatable bonds is 4. The first-order valence-electron chi connectivity index (χ1n) is 6.83. The van der Waals surface area contributed by atoms with Gasteiger partial charge in [0.2, 0.25) is 5.91 Å². The molecule has 6 nitrogen and oxygen atoms in total. The number of nitrogens with one attached hydrogen (secondary N) is 2. The van der Waals surface area contributed by atoms with Crippen molar-refractivity contribution in [3.63, 3.8) is 0 Å². The van der Waals surface area contributed by atoms with Gasteiger partial charge in [0, 0.05) is 38.4 Å². The van der Waals surface area contributed by atoms with Crippen LogP contribution in [-0.4, -0.2) is 52.7 Å². The number of amides is 1. The summed E-state index contributed by atoms with van der Waals surface area (Å²) < 4.78 is 0. The zero-order chi connectivity index (χ0) is 14.7. The van der Waals surface area contributed by atoms with Gasteiger partial charge in [0.25, 0.3) is 5.56 Å². The lowest BCUT2D eigenvalue weighted by Crippen LogP contribution is -2.46. The molecular weight excluding hydrogens is 308 g/mol. The van der Waals surface area contributed by atoms with Crippen molar-refractivity contribution in [2.45, 2.75) is 11.6 Å². The number of carbonyl (C=O) groups is 1. The van der Waals surface area contributed by atoms with Gasteiger partial charge in [-0.2, -0.15) is 0 Å². The zero-order valence-electron chi connectivity index (χ0n) is 11.4. The molecule has 2 N–H and O–H groups in total. The molecular formula is C13H16N4O2S2. The van der Waals surface area contributed by atoms with Gasteiger partial charge in [-0.25, -0.2) is 4.98 Å². The largest absolute Gasteiger partial charge is 0.340 e. The van der Waals surface area contributed by atoms with Crippen LogP contribution in [0.3, 0.4) is 0 Å². The number of fused-ring (bicyclic) bond motifs is 1. The lowest BCUT2D eigenvalue weighted by molar-refractivity contribution is -0.131. The number of carbonyl (C=O) groups excluding carboxylic acids is 1. The number of hydrogen-bond acceptors (Lipinski definition) is 6. The van der Waals surface area contributed by atoms with Gasteiger partial charge in [-0.1, -0.05) is 11.8 Å². The average Bonchev–Trinajstić information content (AvgIpc) is 2.97. The van der Waals surface area contributed by atoms with E-state index < -0.39 is 0 Å². The van der Waals surface area contributed by atoms with Gasteiger partial charge >= 0.3 is 0 Å². The molecule has 1 saturated heterocycles. The lowest BCUT2D eigenvalue weighted by atomic mass is 10.3. The molecule has 0 radical (unpaired) electrons. The molecule has 2 aromatic rings. The molecule has 0 aromatic carbocycles. The Bertz CT molecular complexity index is 691. The second-order valence-electron chi connectivity index (χ2n) is 4.74. The molecule has 0 saturated carbocycles. The third-order valence-electron chi connectivity index (χ3n) is 3.34. The number of nitrogens with zero attached hydrogens (tertiary/aromatic N) is 2. The Morgan fingerprint density at radius 1 is 1.43 bits per heavy atom. The number of hydrogen-bond donors (Lipinski definition) is 2. The van der Waals surface area contributed by atoms with Crippen LogP contribution in [0.5, 0.6) is 0 Å². The average molecular weight is 324 g/mol.